The van der Waals surface area contributed by atoms with E-state index < -0.39 is 5.97 Å². The number of aromatic nitrogens is 1. The summed E-state index contributed by atoms with van der Waals surface area (Å²) in [6.45, 7) is 0.534. The maximum absolute atomic E-state index is 11.1. The molecule has 0 fully saturated rings. The summed E-state index contributed by atoms with van der Waals surface area (Å²) in [5.41, 5.74) is 2.01. The number of halogens is 2. The molecule has 0 amide bonds. The maximum Gasteiger partial charge on any atom is 0.335 e. The topological polar surface area (TPSA) is 42.2 Å². The van der Waals surface area contributed by atoms with E-state index in [2.05, 4.69) is 0 Å². The van der Waals surface area contributed by atoms with Crippen molar-refractivity contribution in [2.24, 2.45) is 0 Å². The molecule has 0 unspecified atom stereocenters. The molecule has 3 rings (SSSR count). The van der Waals surface area contributed by atoms with E-state index in [9.17, 15) is 4.79 Å². The molecule has 1 heterocycles. The first-order valence-corrected chi connectivity index (χ1v) is 7.06. The van der Waals surface area contributed by atoms with Gasteiger partial charge in [-0.05, 0) is 47.3 Å². The van der Waals surface area contributed by atoms with Crippen molar-refractivity contribution in [3.05, 3.63) is 69.8 Å². The van der Waals surface area contributed by atoms with E-state index in [0.29, 0.717) is 16.6 Å². The third kappa shape index (κ3) is 2.75. The van der Waals surface area contributed by atoms with Gasteiger partial charge in [-0.1, -0.05) is 29.3 Å². The lowest BCUT2D eigenvalue weighted by atomic mass is 10.1. The summed E-state index contributed by atoms with van der Waals surface area (Å²) in [5, 5.41) is 11.3. The number of carbonyl (C=O) groups is 1. The van der Waals surface area contributed by atoms with Crippen LogP contribution in [0.4, 0.5) is 0 Å². The second-order valence-electron chi connectivity index (χ2n) is 4.76. The summed E-state index contributed by atoms with van der Waals surface area (Å²) in [7, 11) is 0. The van der Waals surface area contributed by atoms with Crippen LogP contribution in [-0.2, 0) is 6.54 Å². The molecule has 3 nitrogen and oxygen atoms in total. The fourth-order valence-electron chi connectivity index (χ4n) is 2.30. The Balaban J connectivity index is 2.06. The van der Waals surface area contributed by atoms with Gasteiger partial charge in [-0.15, -0.1) is 0 Å². The fraction of sp³-hybridized carbons (Fsp3) is 0.0625. The van der Waals surface area contributed by atoms with Gasteiger partial charge in [0.25, 0.3) is 0 Å². The zero-order valence-corrected chi connectivity index (χ0v) is 12.4. The summed E-state index contributed by atoms with van der Waals surface area (Å²) in [4.78, 5) is 11.1. The number of rotatable bonds is 3. The molecule has 0 spiro atoms. The summed E-state index contributed by atoms with van der Waals surface area (Å²) in [5.74, 6) is -0.939. The lowest BCUT2D eigenvalue weighted by Gasteiger charge is -2.08. The Morgan fingerprint density at radius 3 is 2.67 bits per heavy atom. The van der Waals surface area contributed by atoms with Crippen LogP contribution in [0.2, 0.25) is 10.0 Å². The first-order chi connectivity index (χ1) is 10.0. The molecule has 0 saturated carbocycles. The Bertz CT molecular complexity index is 839. The van der Waals surface area contributed by atoms with Crippen molar-refractivity contribution < 1.29 is 9.90 Å². The number of nitrogens with zero attached hydrogens (tertiary/aromatic N) is 1. The predicted molar refractivity (Wildman–Crippen MR) is 84.5 cm³/mol. The van der Waals surface area contributed by atoms with Gasteiger partial charge >= 0.3 is 5.97 Å². The van der Waals surface area contributed by atoms with Crippen molar-refractivity contribution in [2.75, 3.05) is 0 Å². The molecule has 0 radical (unpaired) electrons. The van der Waals surface area contributed by atoms with Crippen LogP contribution in [0.5, 0.6) is 0 Å². The Kier molecular flexibility index (Phi) is 3.62. The summed E-state index contributed by atoms with van der Waals surface area (Å²) < 4.78 is 1.96. The van der Waals surface area contributed by atoms with Crippen molar-refractivity contribution >= 4 is 40.1 Å². The number of carboxylic acids is 1. The van der Waals surface area contributed by atoms with Crippen molar-refractivity contribution in [1.29, 1.82) is 0 Å². The van der Waals surface area contributed by atoms with Crippen LogP contribution in [0, 0.1) is 0 Å². The van der Waals surface area contributed by atoms with E-state index in [1.807, 2.05) is 22.9 Å². The van der Waals surface area contributed by atoms with Crippen molar-refractivity contribution in [1.82, 2.24) is 4.57 Å². The van der Waals surface area contributed by atoms with Crippen molar-refractivity contribution in [2.45, 2.75) is 6.54 Å². The fourth-order valence-corrected chi connectivity index (χ4v) is 2.67. The van der Waals surface area contributed by atoms with E-state index in [0.717, 1.165) is 16.5 Å². The van der Waals surface area contributed by atoms with Gasteiger partial charge in [-0.3, -0.25) is 0 Å². The number of benzene rings is 2. The largest absolute Gasteiger partial charge is 0.478 e. The van der Waals surface area contributed by atoms with Gasteiger partial charge in [-0.2, -0.15) is 0 Å². The van der Waals surface area contributed by atoms with E-state index in [1.54, 1.807) is 30.3 Å². The number of hydrogen-bond donors (Lipinski definition) is 1. The van der Waals surface area contributed by atoms with Crippen LogP contribution in [-0.4, -0.2) is 15.6 Å². The highest BCUT2D eigenvalue weighted by atomic mass is 35.5. The Labute approximate surface area is 131 Å². The van der Waals surface area contributed by atoms with Crippen LogP contribution in [0.1, 0.15) is 15.9 Å². The van der Waals surface area contributed by atoms with E-state index in [1.165, 1.54) is 0 Å². The number of hydrogen-bond acceptors (Lipinski definition) is 1. The molecule has 0 saturated heterocycles. The molecule has 0 aliphatic heterocycles. The number of fused-ring (bicyclic) bond motifs is 1. The number of aromatic carboxylic acids is 1. The highest BCUT2D eigenvalue weighted by Crippen LogP contribution is 2.24. The third-order valence-corrected chi connectivity index (χ3v) is 3.97. The monoisotopic (exact) mass is 319 g/mol. The second kappa shape index (κ2) is 5.43. The molecule has 1 aromatic heterocycles. The molecule has 0 aliphatic carbocycles. The molecule has 1 N–H and O–H groups in total. The zero-order chi connectivity index (χ0) is 15.0. The van der Waals surface area contributed by atoms with Crippen LogP contribution in [0.15, 0.2) is 48.7 Å². The van der Waals surface area contributed by atoms with Gasteiger partial charge in [0.15, 0.2) is 0 Å². The SMILES string of the molecule is O=C(O)c1ccc2ccn(Cc3cc(Cl)ccc3Cl)c2c1. The molecular weight excluding hydrogens is 309 g/mol. The zero-order valence-electron chi connectivity index (χ0n) is 10.9. The second-order valence-corrected chi connectivity index (χ2v) is 5.60. The minimum Gasteiger partial charge on any atom is -0.478 e. The van der Waals surface area contributed by atoms with Gasteiger partial charge in [0, 0.05) is 28.3 Å². The minimum atomic E-state index is -0.939. The van der Waals surface area contributed by atoms with E-state index in [4.69, 9.17) is 28.3 Å². The summed E-state index contributed by atoms with van der Waals surface area (Å²) >= 11 is 12.2. The van der Waals surface area contributed by atoms with Crippen LogP contribution in [0.25, 0.3) is 10.9 Å². The minimum absolute atomic E-state index is 0.264. The summed E-state index contributed by atoms with van der Waals surface area (Å²) in [6, 6.07) is 12.3. The molecule has 0 aliphatic rings. The quantitative estimate of drug-likeness (QED) is 0.760. The molecule has 5 heteroatoms. The smallest absolute Gasteiger partial charge is 0.335 e. The molecule has 2 aromatic carbocycles. The average Bonchev–Trinajstić information content (AvgIpc) is 2.85. The predicted octanol–water partition coefficient (Wildman–Crippen LogP) is 4.69. The standard InChI is InChI=1S/C16H11Cl2NO2/c17-13-3-4-14(18)12(7-13)9-19-6-5-10-1-2-11(16(20)21)8-15(10)19/h1-8H,9H2,(H,20,21). The molecule has 3 aromatic rings. The molecule has 21 heavy (non-hydrogen) atoms. The van der Waals surface area contributed by atoms with Crippen LogP contribution >= 0.6 is 23.2 Å². The van der Waals surface area contributed by atoms with Gasteiger partial charge in [-0.25, -0.2) is 4.79 Å². The Morgan fingerprint density at radius 1 is 1.10 bits per heavy atom. The highest BCUT2D eigenvalue weighted by molar-refractivity contribution is 6.33. The lowest BCUT2D eigenvalue weighted by molar-refractivity contribution is 0.0697. The maximum atomic E-state index is 11.1. The van der Waals surface area contributed by atoms with Crippen LogP contribution < -0.4 is 0 Å². The molecular formula is C16H11Cl2NO2. The molecule has 106 valence electrons. The van der Waals surface area contributed by atoms with Gasteiger partial charge in [0.05, 0.1) is 5.56 Å². The first kappa shape index (κ1) is 14.0. The molecule has 0 atom stereocenters. The average molecular weight is 320 g/mol. The van der Waals surface area contributed by atoms with E-state index in [-0.39, 0.29) is 5.56 Å². The molecule has 0 bridgehead atoms. The van der Waals surface area contributed by atoms with Gasteiger partial charge in [0.1, 0.15) is 0 Å². The number of carboxylic acid groups (broad SMARTS) is 1. The van der Waals surface area contributed by atoms with E-state index >= 15 is 0 Å². The first-order valence-electron chi connectivity index (χ1n) is 6.31. The van der Waals surface area contributed by atoms with Gasteiger partial charge in [0.2, 0.25) is 0 Å². The van der Waals surface area contributed by atoms with Crippen molar-refractivity contribution in [3.63, 3.8) is 0 Å². The lowest BCUT2D eigenvalue weighted by Crippen LogP contribution is -2.01. The van der Waals surface area contributed by atoms with Gasteiger partial charge < -0.3 is 9.67 Å². The van der Waals surface area contributed by atoms with Crippen molar-refractivity contribution in [3.8, 4) is 0 Å². The Hall–Kier alpha value is -1.97. The Morgan fingerprint density at radius 2 is 1.90 bits per heavy atom. The van der Waals surface area contributed by atoms with Crippen LogP contribution in [0.3, 0.4) is 0 Å². The third-order valence-electron chi connectivity index (χ3n) is 3.37. The highest BCUT2D eigenvalue weighted by Gasteiger charge is 2.09. The summed E-state index contributed by atoms with van der Waals surface area (Å²) in [6.07, 6.45) is 1.91. The normalized spacial score (nSPS) is 11.0.